The number of ether oxygens (including phenoxy) is 3. The lowest BCUT2D eigenvalue weighted by Gasteiger charge is -2.40. The molecule has 0 spiro atoms. The van der Waals surface area contributed by atoms with Crippen molar-refractivity contribution in [2.24, 2.45) is 0 Å². The Morgan fingerprint density at radius 2 is 1.35 bits per heavy atom. The fourth-order valence-electron chi connectivity index (χ4n) is 11.3. The quantitative estimate of drug-likeness (QED) is 0.161. The predicted molar refractivity (Wildman–Crippen MR) is 247 cm³/mol. The molecule has 60 heavy (non-hydrogen) atoms. The summed E-state index contributed by atoms with van der Waals surface area (Å²) < 4.78 is 19.6. The number of fused-ring (bicyclic) bond motifs is 11. The summed E-state index contributed by atoms with van der Waals surface area (Å²) >= 11 is 0. The minimum atomic E-state index is -0.909. The Morgan fingerprint density at radius 1 is 0.633 bits per heavy atom. The fraction of sp³-hybridized carbons (Fsp3) is 0.250. The molecule has 7 aromatic carbocycles. The van der Waals surface area contributed by atoms with Crippen LogP contribution < -0.4 is 14.4 Å². The maximum absolute atomic E-state index is 7.92. The highest BCUT2D eigenvalue weighted by molar-refractivity contribution is 6.09. The summed E-state index contributed by atoms with van der Waals surface area (Å²) in [6.45, 7) is 12.7. The van der Waals surface area contributed by atoms with E-state index in [0.717, 1.165) is 67.2 Å². The summed E-state index contributed by atoms with van der Waals surface area (Å²) in [5, 5.41) is 2.26. The number of hydrogen-bond acceptors (Lipinski definition) is 4. The highest BCUT2D eigenvalue weighted by atomic mass is 16.5. The molecule has 2 heterocycles. The van der Waals surface area contributed by atoms with Crippen molar-refractivity contribution in [1.29, 1.82) is 0 Å². The number of morpholine rings is 1. The van der Waals surface area contributed by atoms with Gasteiger partial charge >= 0.3 is 0 Å². The van der Waals surface area contributed by atoms with Gasteiger partial charge in [-0.2, -0.15) is 0 Å². The number of methoxy groups -OCH3 is 1. The molecule has 0 saturated carbocycles. The van der Waals surface area contributed by atoms with Gasteiger partial charge in [0.05, 0.1) is 20.3 Å². The maximum Gasteiger partial charge on any atom is 0.178 e. The first-order chi connectivity index (χ1) is 29.3. The van der Waals surface area contributed by atoms with E-state index in [1.54, 1.807) is 7.11 Å². The molecule has 0 amide bonds. The van der Waals surface area contributed by atoms with Gasteiger partial charge in [-0.15, -0.1) is 0 Å². The molecule has 2 aliphatic carbocycles. The van der Waals surface area contributed by atoms with Gasteiger partial charge in [0.25, 0.3) is 0 Å². The van der Waals surface area contributed by atoms with Crippen molar-refractivity contribution in [2.45, 2.75) is 57.0 Å². The lowest BCUT2D eigenvalue weighted by molar-refractivity contribution is 0.122. The van der Waals surface area contributed by atoms with Crippen LogP contribution in [0.25, 0.3) is 50.2 Å². The molecule has 1 atom stereocenters. The number of anilines is 1. The summed E-state index contributed by atoms with van der Waals surface area (Å²) in [5.74, 6) is 1.73. The van der Waals surface area contributed by atoms with Crippen LogP contribution in [0.5, 0.6) is 11.5 Å². The molecule has 7 aromatic rings. The van der Waals surface area contributed by atoms with E-state index in [1.165, 1.54) is 72.3 Å². The number of nitrogens with zero attached hydrogens (tertiary/aromatic N) is 1. The lowest BCUT2D eigenvalue weighted by Crippen LogP contribution is -2.37. The summed E-state index contributed by atoms with van der Waals surface area (Å²) in [6.07, 6.45) is 6.71. The van der Waals surface area contributed by atoms with Crippen molar-refractivity contribution in [3.05, 3.63) is 178 Å². The average Bonchev–Trinajstić information content (AvgIpc) is 3.74. The van der Waals surface area contributed by atoms with Gasteiger partial charge in [-0.1, -0.05) is 125 Å². The minimum Gasteiger partial charge on any atom is -0.497 e. The minimum absolute atomic E-state index is 0.160. The van der Waals surface area contributed by atoms with E-state index in [4.69, 9.17) is 14.2 Å². The van der Waals surface area contributed by atoms with Gasteiger partial charge in [0.1, 0.15) is 11.5 Å². The molecule has 4 nitrogen and oxygen atoms in total. The van der Waals surface area contributed by atoms with E-state index in [1.807, 2.05) is 0 Å². The molecule has 0 N–H and O–H groups in total. The Labute approximate surface area is 354 Å². The Hall–Kier alpha value is -6.10. The van der Waals surface area contributed by atoms with Crippen LogP contribution in [0.3, 0.4) is 0 Å². The highest BCUT2D eigenvalue weighted by Crippen LogP contribution is 2.61. The summed E-state index contributed by atoms with van der Waals surface area (Å²) in [7, 11) is 1.76. The van der Waals surface area contributed by atoms with Crippen LogP contribution >= 0.6 is 0 Å². The molecule has 4 heteroatoms. The smallest absolute Gasteiger partial charge is 0.178 e. The van der Waals surface area contributed by atoms with E-state index >= 15 is 0 Å². The zero-order chi connectivity index (χ0) is 40.8. The summed E-state index contributed by atoms with van der Waals surface area (Å²) in [4.78, 5) is 2.42. The fourth-order valence-corrected chi connectivity index (χ4v) is 11.3. The third-order valence-electron chi connectivity index (χ3n) is 14.5. The Balaban J connectivity index is 1.16. The molecule has 1 fully saturated rings. The topological polar surface area (TPSA) is 30.9 Å². The van der Waals surface area contributed by atoms with Crippen LogP contribution in [0.15, 0.2) is 140 Å². The third-order valence-corrected chi connectivity index (χ3v) is 14.5. The Bertz CT molecular complexity index is 2860. The summed E-state index contributed by atoms with van der Waals surface area (Å²) in [5.41, 5.74) is 16.5. The van der Waals surface area contributed by atoms with Crippen LogP contribution in [0.4, 0.5) is 5.69 Å². The molecule has 0 bridgehead atoms. The number of hydrogen-bond donors (Lipinski definition) is 0. The molecule has 11 rings (SSSR count). The molecule has 0 aromatic heterocycles. The van der Waals surface area contributed by atoms with Crippen LogP contribution in [-0.4, -0.2) is 33.4 Å². The number of rotatable bonds is 7. The van der Waals surface area contributed by atoms with Gasteiger partial charge in [-0.05, 0) is 122 Å². The third kappa shape index (κ3) is 5.19. The van der Waals surface area contributed by atoms with E-state index in [9.17, 15) is 0 Å². The first-order valence-electron chi connectivity index (χ1n) is 21.8. The summed E-state index contributed by atoms with van der Waals surface area (Å²) in [6, 6.07) is 49.6. The first kappa shape index (κ1) is 36.9. The predicted octanol–water partition coefficient (Wildman–Crippen LogP) is 13.1. The van der Waals surface area contributed by atoms with Gasteiger partial charge in [-0.25, -0.2) is 0 Å². The molecule has 0 radical (unpaired) electrons. The molecular formula is C56H51NO3. The molecular weight excluding hydrogens is 735 g/mol. The first-order valence-corrected chi connectivity index (χ1v) is 21.8. The second-order valence-electron chi connectivity index (χ2n) is 17.6. The molecule has 2 aliphatic heterocycles. The van der Waals surface area contributed by atoms with Crippen molar-refractivity contribution in [3.8, 4) is 44.9 Å². The molecule has 1 saturated heterocycles. The van der Waals surface area contributed by atoms with E-state index in [2.05, 4.69) is 178 Å². The Kier molecular flexibility index (Phi) is 8.45. The van der Waals surface area contributed by atoms with Gasteiger partial charge in [0.15, 0.2) is 5.60 Å². The van der Waals surface area contributed by atoms with Gasteiger partial charge < -0.3 is 19.1 Å². The lowest BCUT2D eigenvalue weighted by atomic mass is 9.70. The van der Waals surface area contributed by atoms with E-state index in [-0.39, 0.29) is 10.8 Å². The zero-order valence-electron chi connectivity index (χ0n) is 35.3. The van der Waals surface area contributed by atoms with E-state index in [0.29, 0.717) is 0 Å². The van der Waals surface area contributed by atoms with Crippen LogP contribution in [0.2, 0.25) is 0 Å². The van der Waals surface area contributed by atoms with E-state index < -0.39 is 5.60 Å². The molecule has 1 unspecified atom stereocenters. The van der Waals surface area contributed by atoms with Crippen molar-refractivity contribution in [2.75, 3.05) is 38.3 Å². The molecule has 298 valence electrons. The van der Waals surface area contributed by atoms with Gasteiger partial charge in [0.2, 0.25) is 0 Å². The average molecular weight is 786 g/mol. The maximum atomic E-state index is 7.92. The SMILES string of the molecule is CCC1(CC)c2cc(-c3ccccc3)ccc2-c2c1c1c(c3cc(OC)ccc23)OC(c2ccc(N3CCOCC3)cc2)(c2ccc3c(c2)C(C)(C)c2ccccc2-3)C=C1. The van der Waals surface area contributed by atoms with Gasteiger partial charge in [-0.3, -0.25) is 0 Å². The second-order valence-corrected chi connectivity index (χ2v) is 17.6. The largest absolute Gasteiger partial charge is 0.497 e. The van der Waals surface area contributed by atoms with Crippen LogP contribution in [0, 0.1) is 0 Å². The normalized spacial score (nSPS) is 18.9. The Morgan fingerprint density at radius 3 is 2.12 bits per heavy atom. The molecule has 4 aliphatic rings. The standard InChI is InChI=1S/C56H51NO3/c1-6-55(7-2)50-33-37(36-13-9-8-10-14-36)17-24-45(50)51-44-26-23-41(58-5)35-47(44)53-46(52(51)55)27-28-56(60-53,38-18-21-40(22-19-38)57-29-31-59-32-30-57)39-20-25-43-42-15-11-12-16-48(42)54(3,4)49(43)34-39/h8-28,33-35H,6-7,29-32H2,1-5H3. The van der Waals surface area contributed by atoms with Crippen LogP contribution in [0.1, 0.15) is 79.5 Å². The number of benzene rings is 7. The highest BCUT2D eigenvalue weighted by Gasteiger charge is 2.48. The van der Waals surface area contributed by atoms with Gasteiger partial charge in [0, 0.05) is 51.7 Å². The van der Waals surface area contributed by atoms with Crippen molar-refractivity contribution >= 4 is 22.5 Å². The zero-order valence-corrected chi connectivity index (χ0v) is 35.3. The monoisotopic (exact) mass is 785 g/mol. The van der Waals surface area contributed by atoms with Crippen LogP contribution in [-0.2, 0) is 21.2 Å². The van der Waals surface area contributed by atoms with Crippen molar-refractivity contribution in [3.63, 3.8) is 0 Å². The van der Waals surface area contributed by atoms with Crippen molar-refractivity contribution < 1.29 is 14.2 Å². The van der Waals surface area contributed by atoms with Crippen molar-refractivity contribution in [1.82, 2.24) is 0 Å². The second kappa shape index (κ2) is 13.7.